The number of hydrogen-bond acceptors (Lipinski definition) is 1. The van der Waals surface area contributed by atoms with Gasteiger partial charge in [-0.05, 0) is 30.7 Å². The van der Waals surface area contributed by atoms with Crippen LogP contribution in [0.25, 0.3) is 6.08 Å². The summed E-state index contributed by atoms with van der Waals surface area (Å²) in [5, 5.41) is 0.199. The Morgan fingerprint density at radius 1 is 1.27 bits per heavy atom. The van der Waals surface area contributed by atoms with E-state index in [0.29, 0.717) is 5.56 Å². The van der Waals surface area contributed by atoms with Crippen LogP contribution in [0.2, 0.25) is 5.02 Å². The third-order valence-electron chi connectivity index (χ3n) is 1.49. The van der Waals surface area contributed by atoms with Crippen LogP contribution in [0.1, 0.15) is 12.5 Å². The number of alkyl halides is 3. The van der Waals surface area contributed by atoms with Crippen LogP contribution in [0.15, 0.2) is 24.3 Å². The maximum atomic E-state index is 11.9. The first-order valence-corrected chi connectivity index (χ1v) is 4.47. The third kappa shape index (κ3) is 4.25. The molecule has 0 aliphatic heterocycles. The molecule has 0 N–H and O–H groups in total. The predicted molar refractivity (Wildman–Crippen MR) is 52.8 cm³/mol. The summed E-state index contributed by atoms with van der Waals surface area (Å²) in [6, 6.07) is 3.92. The van der Waals surface area contributed by atoms with Crippen molar-refractivity contribution in [3.8, 4) is 5.75 Å². The summed E-state index contributed by atoms with van der Waals surface area (Å²) in [6.45, 7) is 1.76. The Morgan fingerprint density at radius 2 is 1.93 bits per heavy atom. The van der Waals surface area contributed by atoms with E-state index in [1.54, 1.807) is 25.1 Å². The van der Waals surface area contributed by atoms with Gasteiger partial charge >= 0.3 is 6.36 Å². The molecule has 0 unspecified atom stereocenters. The second kappa shape index (κ2) is 4.57. The highest BCUT2D eigenvalue weighted by atomic mass is 35.5. The number of ether oxygens (including phenoxy) is 1. The van der Waals surface area contributed by atoms with Crippen molar-refractivity contribution in [2.75, 3.05) is 0 Å². The van der Waals surface area contributed by atoms with Crippen LogP contribution < -0.4 is 4.74 Å². The van der Waals surface area contributed by atoms with Crippen LogP contribution >= 0.6 is 11.6 Å². The van der Waals surface area contributed by atoms with Crippen LogP contribution in [0.5, 0.6) is 5.75 Å². The molecule has 0 spiro atoms. The number of rotatable bonds is 2. The van der Waals surface area contributed by atoms with Crippen molar-refractivity contribution in [2.24, 2.45) is 0 Å². The summed E-state index contributed by atoms with van der Waals surface area (Å²) >= 11 is 5.63. The van der Waals surface area contributed by atoms with E-state index >= 15 is 0 Å². The minimum absolute atomic E-state index is 0.199. The monoisotopic (exact) mass is 236 g/mol. The van der Waals surface area contributed by atoms with Gasteiger partial charge in [-0.15, -0.1) is 13.2 Å². The number of hydrogen-bond donors (Lipinski definition) is 0. The van der Waals surface area contributed by atoms with Crippen molar-refractivity contribution >= 4 is 17.7 Å². The molecule has 1 aromatic carbocycles. The van der Waals surface area contributed by atoms with E-state index in [-0.39, 0.29) is 10.8 Å². The Hall–Kier alpha value is -1.16. The molecule has 0 bridgehead atoms. The number of halogens is 4. The van der Waals surface area contributed by atoms with Crippen LogP contribution in [0.4, 0.5) is 13.2 Å². The standard InChI is InChI=1S/C10H8ClF3O/c1-2-3-7-4-8(11)6-9(5-7)15-10(12,13)14/h2-6H,1H3/b3-2+. The van der Waals surface area contributed by atoms with Crippen molar-refractivity contribution in [1.29, 1.82) is 0 Å². The van der Waals surface area contributed by atoms with E-state index < -0.39 is 6.36 Å². The van der Waals surface area contributed by atoms with E-state index in [1.807, 2.05) is 0 Å². The molecule has 0 fully saturated rings. The zero-order chi connectivity index (χ0) is 11.5. The molecule has 15 heavy (non-hydrogen) atoms. The smallest absolute Gasteiger partial charge is 0.406 e. The lowest BCUT2D eigenvalue weighted by Gasteiger charge is -2.09. The summed E-state index contributed by atoms with van der Waals surface area (Å²) in [5.41, 5.74) is 0.559. The van der Waals surface area contributed by atoms with Crippen LogP contribution in [0, 0.1) is 0 Å². The highest BCUT2D eigenvalue weighted by Gasteiger charge is 2.31. The fourth-order valence-corrected chi connectivity index (χ4v) is 1.30. The van der Waals surface area contributed by atoms with E-state index in [0.717, 1.165) is 6.07 Å². The molecule has 0 aliphatic carbocycles. The third-order valence-corrected chi connectivity index (χ3v) is 1.70. The molecule has 0 heterocycles. The van der Waals surface area contributed by atoms with Crippen molar-refractivity contribution in [3.05, 3.63) is 34.9 Å². The van der Waals surface area contributed by atoms with Gasteiger partial charge in [-0.25, -0.2) is 0 Å². The van der Waals surface area contributed by atoms with Crippen molar-refractivity contribution in [1.82, 2.24) is 0 Å². The van der Waals surface area contributed by atoms with E-state index in [1.165, 1.54) is 6.07 Å². The number of allylic oxidation sites excluding steroid dienone is 1. The van der Waals surface area contributed by atoms with Gasteiger partial charge in [0.15, 0.2) is 0 Å². The SMILES string of the molecule is C/C=C/c1cc(Cl)cc(OC(F)(F)F)c1. The summed E-state index contributed by atoms with van der Waals surface area (Å²) in [4.78, 5) is 0. The highest BCUT2D eigenvalue weighted by Crippen LogP contribution is 2.27. The summed E-state index contributed by atoms with van der Waals surface area (Å²) < 4.78 is 39.5. The van der Waals surface area contributed by atoms with Crippen LogP contribution in [-0.4, -0.2) is 6.36 Å². The first kappa shape index (κ1) is 11.9. The Kier molecular flexibility index (Phi) is 3.63. The zero-order valence-corrected chi connectivity index (χ0v) is 8.56. The van der Waals surface area contributed by atoms with Gasteiger partial charge in [0.2, 0.25) is 0 Å². The minimum atomic E-state index is -4.70. The van der Waals surface area contributed by atoms with Crippen LogP contribution in [0.3, 0.4) is 0 Å². The molecule has 5 heteroatoms. The van der Waals surface area contributed by atoms with Gasteiger partial charge in [-0.1, -0.05) is 23.8 Å². The Labute approximate surface area is 90.1 Å². The first-order valence-electron chi connectivity index (χ1n) is 4.10. The molecule has 0 aliphatic rings. The Morgan fingerprint density at radius 3 is 2.47 bits per heavy atom. The fraction of sp³-hybridized carbons (Fsp3) is 0.200. The van der Waals surface area contributed by atoms with Crippen LogP contribution in [-0.2, 0) is 0 Å². The molecule has 0 radical (unpaired) electrons. The quantitative estimate of drug-likeness (QED) is 0.745. The summed E-state index contributed by atoms with van der Waals surface area (Å²) in [7, 11) is 0. The highest BCUT2D eigenvalue weighted by molar-refractivity contribution is 6.30. The molecular weight excluding hydrogens is 229 g/mol. The molecule has 1 rings (SSSR count). The van der Waals surface area contributed by atoms with Gasteiger partial charge in [-0.2, -0.15) is 0 Å². The molecule has 0 atom stereocenters. The molecule has 82 valence electrons. The number of benzene rings is 1. The lowest BCUT2D eigenvalue weighted by Crippen LogP contribution is -2.17. The van der Waals surface area contributed by atoms with E-state index in [9.17, 15) is 13.2 Å². The molecule has 0 amide bonds. The topological polar surface area (TPSA) is 9.23 Å². The van der Waals surface area contributed by atoms with E-state index in [4.69, 9.17) is 11.6 Å². The van der Waals surface area contributed by atoms with Crippen molar-refractivity contribution < 1.29 is 17.9 Å². The van der Waals surface area contributed by atoms with Gasteiger partial charge in [0.05, 0.1) is 0 Å². The van der Waals surface area contributed by atoms with Crippen molar-refractivity contribution in [3.63, 3.8) is 0 Å². The van der Waals surface area contributed by atoms with Crippen molar-refractivity contribution in [2.45, 2.75) is 13.3 Å². The Balaban J connectivity index is 2.99. The second-order valence-corrected chi connectivity index (χ2v) is 3.20. The lowest BCUT2D eigenvalue weighted by molar-refractivity contribution is -0.274. The summed E-state index contributed by atoms with van der Waals surface area (Å²) in [5.74, 6) is -0.317. The van der Waals surface area contributed by atoms with Gasteiger partial charge in [-0.3, -0.25) is 0 Å². The van der Waals surface area contributed by atoms with Gasteiger partial charge in [0.25, 0.3) is 0 Å². The molecule has 0 saturated heterocycles. The predicted octanol–water partition coefficient (Wildman–Crippen LogP) is 4.27. The van der Waals surface area contributed by atoms with Gasteiger partial charge in [0, 0.05) is 5.02 Å². The average molecular weight is 237 g/mol. The molecule has 1 nitrogen and oxygen atoms in total. The first-order chi connectivity index (χ1) is 6.90. The average Bonchev–Trinajstić information content (AvgIpc) is 1.99. The molecule has 0 aromatic heterocycles. The molecular formula is C10H8ClF3O. The minimum Gasteiger partial charge on any atom is -0.406 e. The fourth-order valence-electron chi connectivity index (χ4n) is 1.07. The maximum absolute atomic E-state index is 11.9. The maximum Gasteiger partial charge on any atom is 0.573 e. The molecule has 1 aromatic rings. The van der Waals surface area contributed by atoms with Gasteiger partial charge < -0.3 is 4.74 Å². The second-order valence-electron chi connectivity index (χ2n) is 2.77. The zero-order valence-electron chi connectivity index (χ0n) is 7.81. The van der Waals surface area contributed by atoms with Gasteiger partial charge in [0.1, 0.15) is 5.75 Å². The lowest BCUT2D eigenvalue weighted by atomic mass is 10.2. The van der Waals surface area contributed by atoms with E-state index in [2.05, 4.69) is 4.74 Å². The normalized spacial score (nSPS) is 12.1. The molecule has 0 saturated carbocycles. The Bertz CT molecular complexity index is 371. The largest absolute Gasteiger partial charge is 0.573 e. The summed E-state index contributed by atoms with van der Waals surface area (Å²) in [6.07, 6.45) is -1.37.